The van der Waals surface area contributed by atoms with Gasteiger partial charge in [0.25, 0.3) is 5.91 Å². The Bertz CT molecular complexity index is 513. The van der Waals surface area contributed by atoms with Gasteiger partial charge in [0.15, 0.2) is 5.79 Å². The molecule has 2 aliphatic rings. The number of aryl methyl sites for hydroxylation is 1. The fraction of sp³-hybridized carbons (Fsp3) is 0.533. The molecule has 2 saturated heterocycles. The molecule has 0 radical (unpaired) electrons. The second kappa shape index (κ2) is 5.07. The molecule has 20 heavy (non-hydrogen) atoms. The number of ether oxygens (including phenoxy) is 2. The summed E-state index contributed by atoms with van der Waals surface area (Å²) in [4.78, 5) is 14.2. The fourth-order valence-corrected chi connectivity index (χ4v) is 2.84. The third kappa shape index (κ3) is 2.27. The molecule has 0 bridgehead atoms. The average molecular weight is 277 g/mol. The lowest BCUT2D eigenvalue weighted by Crippen LogP contribution is -2.47. The third-order valence-electron chi connectivity index (χ3n) is 4.09. The molecule has 0 atom stereocenters. The molecular weight excluding hydrogens is 258 g/mol. The Hall–Kier alpha value is -1.59. The molecule has 2 aliphatic heterocycles. The molecule has 2 heterocycles. The number of phenols is 1. The van der Waals surface area contributed by atoms with Gasteiger partial charge in [-0.15, -0.1) is 0 Å². The Morgan fingerprint density at radius 2 is 1.90 bits per heavy atom. The summed E-state index contributed by atoms with van der Waals surface area (Å²) in [5, 5.41) is 10.0. The van der Waals surface area contributed by atoms with Gasteiger partial charge < -0.3 is 19.5 Å². The summed E-state index contributed by atoms with van der Waals surface area (Å²) < 4.78 is 11.3. The van der Waals surface area contributed by atoms with Gasteiger partial charge in [-0.1, -0.05) is 12.1 Å². The predicted molar refractivity (Wildman–Crippen MR) is 72.6 cm³/mol. The molecule has 0 aliphatic carbocycles. The fourth-order valence-electron chi connectivity index (χ4n) is 2.84. The summed E-state index contributed by atoms with van der Waals surface area (Å²) in [7, 11) is 0. The molecule has 0 unspecified atom stereocenters. The van der Waals surface area contributed by atoms with Crippen LogP contribution in [0.2, 0.25) is 0 Å². The molecule has 1 amide bonds. The number of amides is 1. The van der Waals surface area contributed by atoms with E-state index < -0.39 is 5.79 Å². The molecular formula is C15H19NO4. The van der Waals surface area contributed by atoms with E-state index in [4.69, 9.17) is 9.47 Å². The average Bonchev–Trinajstić information content (AvgIpc) is 2.90. The van der Waals surface area contributed by atoms with Crippen molar-refractivity contribution in [3.05, 3.63) is 29.3 Å². The van der Waals surface area contributed by atoms with Crippen molar-refractivity contribution in [1.82, 2.24) is 4.90 Å². The lowest BCUT2D eigenvalue weighted by atomic mass is 10.0. The Morgan fingerprint density at radius 3 is 2.55 bits per heavy atom. The summed E-state index contributed by atoms with van der Waals surface area (Å²) in [6, 6.07) is 5.24. The largest absolute Gasteiger partial charge is 0.507 e. The molecule has 5 nitrogen and oxygen atoms in total. The zero-order chi connectivity index (χ0) is 14.2. The van der Waals surface area contributed by atoms with E-state index in [2.05, 4.69) is 0 Å². The van der Waals surface area contributed by atoms with Crippen molar-refractivity contribution in [2.75, 3.05) is 26.3 Å². The number of para-hydroxylation sites is 1. The summed E-state index contributed by atoms with van der Waals surface area (Å²) in [5.41, 5.74) is 1.08. The maximum absolute atomic E-state index is 12.5. The number of rotatable bonds is 1. The Labute approximate surface area is 118 Å². The first kappa shape index (κ1) is 13.4. The van der Waals surface area contributed by atoms with Crippen molar-refractivity contribution in [1.29, 1.82) is 0 Å². The van der Waals surface area contributed by atoms with E-state index >= 15 is 0 Å². The van der Waals surface area contributed by atoms with E-state index in [1.54, 1.807) is 30.0 Å². The van der Waals surface area contributed by atoms with Crippen LogP contribution in [-0.4, -0.2) is 48.0 Å². The maximum Gasteiger partial charge on any atom is 0.257 e. The maximum atomic E-state index is 12.5. The molecule has 3 rings (SSSR count). The molecule has 108 valence electrons. The standard InChI is InChI=1S/C15H19NO4/c1-11-3-2-4-12(13(11)17)14(18)16-7-5-15(6-8-16)19-9-10-20-15/h2-4,17H,5-10H2,1H3. The van der Waals surface area contributed by atoms with E-state index in [1.165, 1.54) is 0 Å². The lowest BCUT2D eigenvalue weighted by Gasteiger charge is -2.37. The molecule has 1 N–H and O–H groups in total. The number of phenolic OH excluding ortho intramolecular Hbond substituents is 1. The molecule has 5 heteroatoms. The van der Waals surface area contributed by atoms with Crippen LogP contribution in [0, 0.1) is 6.92 Å². The zero-order valence-corrected chi connectivity index (χ0v) is 11.6. The van der Waals surface area contributed by atoms with Crippen LogP contribution < -0.4 is 0 Å². The number of hydrogen-bond donors (Lipinski definition) is 1. The van der Waals surface area contributed by atoms with Gasteiger partial charge in [0.05, 0.1) is 18.8 Å². The number of carbonyl (C=O) groups excluding carboxylic acids is 1. The van der Waals surface area contributed by atoms with Crippen LogP contribution in [0.5, 0.6) is 5.75 Å². The van der Waals surface area contributed by atoms with Gasteiger partial charge in [-0.3, -0.25) is 4.79 Å². The van der Waals surface area contributed by atoms with Crippen LogP contribution in [0.15, 0.2) is 18.2 Å². The monoisotopic (exact) mass is 277 g/mol. The van der Waals surface area contributed by atoms with Crippen molar-refractivity contribution < 1.29 is 19.4 Å². The van der Waals surface area contributed by atoms with Gasteiger partial charge in [-0.2, -0.15) is 0 Å². The topological polar surface area (TPSA) is 59.0 Å². The second-order valence-corrected chi connectivity index (χ2v) is 5.37. The van der Waals surface area contributed by atoms with Gasteiger partial charge in [-0.05, 0) is 18.6 Å². The second-order valence-electron chi connectivity index (χ2n) is 5.37. The number of piperidine rings is 1. The first-order chi connectivity index (χ1) is 9.61. The van der Waals surface area contributed by atoms with Crippen molar-refractivity contribution in [2.24, 2.45) is 0 Å². The SMILES string of the molecule is Cc1cccc(C(=O)N2CCC3(CC2)OCCO3)c1O. The molecule has 1 aromatic carbocycles. The summed E-state index contributed by atoms with van der Waals surface area (Å²) >= 11 is 0. The third-order valence-corrected chi connectivity index (χ3v) is 4.09. The van der Waals surface area contributed by atoms with Gasteiger partial charge in [0.1, 0.15) is 5.75 Å². The highest BCUT2D eigenvalue weighted by Gasteiger charge is 2.41. The Balaban J connectivity index is 1.71. The lowest BCUT2D eigenvalue weighted by molar-refractivity contribution is -0.181. The minimum absolute atomic E-state index is 0.0751. The summed E-state index contributed by atoms with van der Waals surface area (Å²) in [6.07, 6.45) is 1.37. The quantitative estimate of drug-likeness (QED) is 0.848. The first-order valence-electron chi connectivity index (χ1n) is 6.97. The summed E-state index contributed by atoms with van der Waals surface area (Å²) in [5.74, 6) is -0.531. The summed E-state index contributed by atoms with van der Waals surface area (Å²) in [6.45, 7) is 4.23. The van der Waals surface area contributed by atoms with Gasteiger partial charge >= 0.3 is 0 Å². The van der Waals surface area contributed by atoms with Crippen LogP contribution in [0.3, 0.4) is 0 Å². The van der Waals surface area contributed by atoms with Gasteiger partial charge in [-0.25, -0.2) is 0 Å². The number of carbonyl (C=O) groups is 1. The van der Waals surface area contributed by atoms with E-state index in [0.29, 0.717) is 50.3 Å². The molecule has 1 aromatic rings. The first-order valence-corrected chi connectivity index (χ1v) is 6.97. The minimum Gasteiger partial charge on any atom is -0.507 e. The highest BCUT2D eigenvalue weighted by Crippen LogP contribution is 2.32. The minimum atomic E-state index is -0.481. The highest BCUT2D eigenvalue weighted by molar-refractivity contribution is 5.97. The molecule has 2 fully saturated rings. The zero-order valence-electron chi connectivity index (χ0n) is 11.6. The highest BCUT2D eigenvalue weighted by atomic mass is 16.7. The van der Waals surface area contributed by atoms with Crippen molar-refractivity contribution >= 4 is 5.91 Å². The molecule has 0 saturated carbocycles. The van der Waals surface area contributed by atoms with Gasteiger partial charge in [0, 0.05) is 25.9 Å². The normalized spacial score (nSPS) is 21.4. The number of nitrogens with zero attached hydrogens (tertiary/aromatic N) is 1. The van der Waals surface area contributed by atoms with Crippen LogP contribution in [0.1, 0.15) is 28.8 Å². The smallest absolute Gasteiger partial charge is 0.257 e. The number of hydrogen-bond acceptors (Lipinski definition) is 4. The Morgan fingerprint density at radius 1 is 1.25 bits per heavy atom. The van der Waals surface area contributed by atoms with E-state index in [0.717, 1.165) is 0 Å². The van der Waals surface area contributed by atoms with E-state index in [1.807, 2.05) is 0 Å². The van der Waals surface area contributed by atoms with Crippen molar-refractivity contribution in [3.63, 3.8) is 0 Å². The van der Waals surface area contributed by atoms with Crippen LogP contribution >= 0.6 is 0 Å². The van der Waals surface area contributed by atoms with Crippen LogP contribution in [0.4, 0.5) is 0 Å². The van der Waals surface area contributed by atoms with Crippen molar-refractivity contribution in [3.8, 4) is 5.75 Å². The van der Waals surface area contributed by atoms with E-state index in [-0.39, 0.29) is 11.7 Å². The van der Waals surface area contributed by atoms with Gasteiger partial charge in [0.2, 0.25) is 0 Å². The van der Waals surface area contributed by atoms with Crippen molar-refractivity contribution in [2.45, 2.75) is 25.6 Å². The molecule has 0 aromatic heterocycles. The Kier molecular flexibility index (Phi) is 3.40. The van der Waals surface area contributed by atoms with E-state index in [9.17, 15) is 9.90 Å². The molecule has 1 spiro atoms. The van der Waals surface area contributed by atoms with Crippen LogP contribution in [0.25, 0.3) is 0 Å². The number of likely N-dealkylation sites (tertiary alicyclic amines) is 1. The number of benzene rings is 1. The van der Waals surface area contributed by atoms with Crippen LogP contribution in [-0.2, 0) is 9.47 Å². The number of aromatic hydroxyl groups is 1. The predicted octanol–water partition coefficient (Wildman–Crippen LogP) is 1.68.